The third kappa shape index (κ3) is 6.43. The fraction of sp³-hybridized carbons (Fsp3) is 0.480. The molecule has 0 radical (unpaired) electrons. The number of hydrogen-bond acceptors (Lipinski definition) is 3. The number of hydrogen-bond donors (Lipinski definition) is 1. The Kier molecular flexibility index (Phi) is 9.16. The van der Waals surface area contributed by atoms with Gasteiger partial charge in [0.15, 0.2) is 5.96 Å². The van der Waals surface area contributed by atoms with Crippen LogP contribution in [0.2, 0.25) is 0 Å². The molecule has 0 bridgehead atoms. The van der Waals surface area contributed by atoms with E-state index in [4.69, 9.17) is 14.5 Å². The fourth-order valence-electron chi connectivity index (χ4n) is 4.38. The van der Waals surface area contributed by atoms with Gasteiger partial charge in [0, 0.05) is 31.7 Å². The van der Waals surface area contributed by atoms with Crippen molar-refractivity contribution in [3.8, 4) is 0 Å². The van der Waals surface area contributed by atoms with Gasteiger partial charge in [-0.05, 0) is 36.5 Å². The van der Waals surface area contributed by atoms with Gasteiger partial charge >= 0.3 is 0 Å². The maximum atomic E-state index is 5.98. The highest BCUT2D eigenvalue weighted by Crippen LogP contribution is 2.38. The summed E-state index contributed by atoms with van der Waals surface area (Å²) in [5, 5.41) is 3.49. The van der Waals surface area contributed by atoms with Gasteiger partial charge in [-0.3, -0.25) is 0 Å². The van der Waals surface area contributed by atoms with Crippen LogP contribution in [0.3, 0.4) is 0 Å². The molecule has 2 heterocycles. The summed E-state index contributed by atoms with van der Waals surface area (Å²) in [7, 11) is 0. The van der Waals surface area contributed by atoms with Crippen molar-refractivity contribution in [1.29, 1.82) is 0 Å². The Morgan fingerprint density at radius 1 is 1.06 bits per heavy atom. The number of nitrogens with one attached hydrogen (secondary N) is 1. The van der Waals surface area contributed by atoms with Crippen LogP contribution < -0.4 is 5.32 Å². The van der Waals surface area contributed by atoms with Gasteiger partial charge in [-0.15, -0.1) is 24.0 Å². The van der Waals surface area contributed by atoms with E-state index in [1.54, 1.807) is 0 Å². The molecule has 1 atom stereocenters. The molecule has 31 heavy (non-hydrogen) atoms. The summed E-state index contributed by atoms with van der Waals surface area (Å²) in [6.45, 7) is 8.78. The molecular formula is C25H34IN3O2. The first-order valence-electron chi connectivity index (χ1n) is 11.1. The number of benzene rings is 2. The highest BCUT2D eigenvalue weighted by atomic mass is 127. The van der Waals surface area contributed by atoms with Gasteiger partial charge in [-0.25, -0.2) is 4.99 Å². The topological polar surface area (TPSA) is 46.1 Å². The number of nitrogens with zero attached hydrogens (tertiary/aromatic N) is 2. The molecular weight excluding hydrogens is 501 g/mol. The van der Waals surface area contributed by atoms with E-state index in [0.29, 0.717) is 25.2 Å². The predicted molar refractivity (Wildman–Crippen MR) is 136 cm³/mol. The lowest BCUT2D eigenvalue weighted by Gasteiger charge is -2.25. The molecule has 2 fully saturated rings. The molecule has 1 spiro atoms. The van der Waals surface area contributed by atoms with Crippen molar-refractivity contribution in [2.24, 2.45) is 10.4 Å². The molecule has 0 saturated carbocycles. The zero-order valence-electron chi connectivity index (χ0n) is 18.4. The Bertz CT molecular complexity index is 838. The van der Waals surface area contributed by atoms with Gasteiger partial charge in [0.2, 0.25) is 0 Å². The normalized spacial score (nSPS) is 20.8. The zero-order chi connectivity index (χ0) is 20.7. The summed E-state index contributed by atoms with van der Waals surface area (Å²) in [4.78, 5) is 7.39. The molecule has 4 rings (SSSR count). The van der Waals surface area contributed by atoms with Crippen LogP contribution in [0.25, 0.3) is 0 Å². The number of halogens is 1. The standard InChI is InChI=1S/C25H33N3O2.HI/c1-2-26-24(28-14-12-25(19-28)13-15-29-20-25)27-16-22-10-6-7-11-23(22)18-30-17-21-8-4-3-5-9-21;/h3-11H,2,12-20H2,1H3,(H,26,27);1H. The molecule has 6 heteroatoms. The molecule has 2 aliphatic rings. The predicted octanol–water partition coefficient (Wildman–Crippen LogP) is 4.60. The molecule has 2 saturated heterocycles. The first-order valence-corrected chi connectivity index (χ1v) is 11.1. The van der Waals surface area contributed by atoms with Crippen molar-refractivity contribution in [2.75, 3.05) is 32.8 Å². The number of likely N-dealkylation sites (tertiary alicyclic amines) is 1. The van der Waals surface area contributed by atoms with E-state index in [-0.39, 0.29) is 24.0 Å². The highest BCUT2D eigenvalue weighted by Gasteiger charge is 2.42. The average molecular weight is 535 g/mol. The lowest BCUT2D eigenvalue weighted by molar-refractivity contribution is 0.106. The Balaban J connectivity index is 0.00000272. The Morgan fingerprint density at radius 2 is 1.84 bits per heavy atom. The zero-order valence-corrected chi connectivity index (χ0v) is 20.7. The summed E-state index contributed by atoms with van der Waals surface area (Å²) < 4.78 is 11.7. The third-order valence-electron chi connectivity index (χ3n) is 6.14. The minimum Gasteiger partial charge on any atom is -0.381 e. The molecule has 1 N–H and O–H groups in total. The van der Waals surface area contributed by atoms with Crippen molar-refractivity contribution < 1.29 is 9.47 Å². The van der Waals surface area contributed by atoms with Gasteiger partial charge in [0.25, 0.3) is 0 Å². The number of guanidine groups is 1. The van der Waals surface area contributed by atoms with Crippen molar-refractivity contribution in [3.63, 3.8) is 0 Å². The van der Waals surface area contributed by atoms with Crippen LogP contribution in [-0.2, 0) is 29.2 Å². The number of aliphatic imine (C=N–C) groups is 1. The molecule has 2 aliphatic heterocycles. The summed E-state index contributed by atoms with van der Waals surface area (Å²) in [5.74, 6) is 1.02. The molecule has 0 amide bonds. The van der Waals surface area contributed by atoms with Crippen LogP contribution >= 0.6 is 24.0 Å². The van der Waals surface area contributed by atoms with Gasteiger partial charge in [0.1, 0.15) is 0 Å². The summed E-state index contributed by atoms with van der Waals surface area (Å²) in [6.07, 6.45) is 2.37. The Labute approximate surface area is 203 Å². The largest absolute Gasteiger partial charge is 0.381 e. The SMILES string of the molecule is CCNC(=NCc1ccccc1COCc1ccccc1)N1CCC2(CCOC2)C1.I. The fourth-order valence-corrected chi connectivity index (χ4v) is 4.38. The maximum Gasteiger partial charge on any atom is 0.194 e. The highest BCUT2D eigenvalue weighted by molar-refractivity contribution is 14.0. The van der Waals surface area contributed by atoms with Crippen molar-refractivity contribution in [1.82, 2.24) is 10.2 Å². The van der Waals surface area contributed by atoms with E-state index >= 15 is 0 Å². The molecule has 0 aromatic heterocycles. The number of rotatable bonds is 7. The van der Waals surface area contributed by atoms with Crippen LogP contribution in [0.5, 0.6) is 0 Å². The van der Waals surface area contributed by atoms with E-state index in [9.17, 15) is 0 Å². The van der Waals surface area contributed by atoms with Crippen LogP contribution in [0.4, 0.5) is 0 Å². The molecule has 1 unspecified atom stereocenters. The van der Waals surface area contributed by atoms with Crippen LogP contribution in [0.1, 0.15) is 36.5 Å². The Hall–Kier alpha value is -1.64. The first kappa shape index (κ1) is 24.0. The molecule has 168 valence electrons. The Morgan fingerprint density at radius 3 is 2.58 bits per heavy atom. The van der Waals surface area contributed by atoms with Gasteiger partial charge < -0.3 is 19.7 Å². The quantitative estimate of drug-likeness (QED) is 0.320. The summed E-state index contributed by atoms with van der Waals surface area (Å²) in [5.41, 5.74) is 3.95. The van der Waals surface area contributed by atoms with Crippen LogP contribution in [0, 0.1) is 5.41 Å². The number of ether oxygens (including phenoxy) is 2. The summed E-state index contributed by atoms with van der Waals surface area (Å²) in [6, 6.07) is 18.8. The first-order chi connectivity index (χ1) is 14.8. The third-order valence-corrected chi connectivity index (χ3v) is 6.14. The lowest BCUT2D eigenvalue weighted by Crippen LogP contribution is -2.41. The van der Waals surface area contributed by atoms with E-state index in [1.807, 2.05) is 18.2 Å². The minimum atomic E-state index is 0. The smallest absolute Gasteiger partial charge is 0.194 e. The van der Waals surface area contributed by atoms with Gasteiger partial charge in [-0.1, -0.05) is 54.6 Å². The minimum absolute atomic E-state index is 0. The molecule has 5 nitrogen and oxygen atoms in total. The van der Waals surface area contributed by atoms with Gasteiger partial charge in [-0.2, -0.15) is 0 Å². The second-order valence-corrected chi connectivity index (χ2v) is 8.39. The maximum absolute atomic E-state index is 5.98. The molecule has 2 aromatic carbocycles. The van der Waals surface area contributed by atoms with Crippen LogP contribution in [-0.4, -0.2) is 43.7 Å². The van der Waals surface area contributed by atoms with E-state index in [1.165, 1.54) is 29.5 Å². The van der Waals surface area contributed by atoms with E-state index in [2.05, 4.69) is 53.5 Å². The monoisotopic (exact) mass is 535 g/mol. The van der Waals surface area contributed by atoms with E-state index in [0.717, 1.165) is 38.8 Å². The van der Waals surface area contributed by atoms with Crippen molar-refractivity contribution in [2.45, 2.75) is 39.5 Å². The van der Waals surface area contributed by atoms with Crippen molar-refractivity contribution in [3.05, 3.63) is 71.3 Å². The summed E-state index contributed by atoms with van der Waals surface area (Å²) >= 11 is 0. The second-order valence-electron chi connectivity index (χ2n) is 8.39. The van der Waals surface area contributed by atoms with E-state index < -0.39 is 0 Å². The lowest BCUT2D eigenvalue weighted by atomic mass is 9.87. The molecule has 0 aliphatic carbocycles. The van der Waals surface area contributed by atoms with Gasteiger partial charge in [0.05, 0.1) is 26.4 Å². The van der Waals surface area contributed by atoms with Crippen LogP contribution in [0.15, 0.2) is 59.6 Å². The van der Waals surface area contributed by atoms with Crippen molar-refractivity contribution >= 4 is 29.9 Å². The molecule has 2 aromatic rings. The second kappa shape index (κ2) is 11.8. The average Bonchev–Trinajstić information content (AvgIpc) is 3.42.